The maximum atomic E-state index is 8.78. The summed E-state index contributed by atoms with van der Waals surface area (Å²) in [5, 5.41) is 16.6. The molecule has 0 bridgehead atoms. The Morgan fingerprint density at radius 1 is 1.50 bits per heavy atom. The summed E-state index contributed by atoms with van der Waals surface area (Å²) in [6, 6.07) is 7.64. The van der Waals surface area contributed by atoms with Crippen LogP contribution in [-0.4, -0.2) is 10.2 Å². The van der Waals surface area contributed by atoms with E-state index < -0.39 is 0 Å². The van der Waals surface area contributed by atoms with E-state index in [1.54, 1.807) is 6.07 Å². The van der Waals surface area contributed by atoms with Gasteiger partial charge in [-0.1, -0.05) is 6.07 Å². The highest BCUT2D eigenvalue weighted by atomic mass is 127. The zero-order valence-corrected chi connectivity index (χ0v) is 8.16. The van der Waals surface area contributed by atoms with E-state index in [-0.39, 0.29) is 0 Å². The van der Waals surface area contributed by atoms with Crippen LogP contribution in [0.15, 0.2) is 18.2 Å². The van der Waals surface area contributed by atoms with Gasteiger partial charge in [-0.2, -0.15) is 10.4 Å². The Hall–Kier alpha value is -1.09. The van der Waals surface area contributed by atoms with Crippen LogP contribution in [0.3, 0.4) is 0 Å². The third kappa shape index (κ3) is 0.975. The van der Waals surface area contributed by atoms with Crippen molar-refractivity contribution in [3.05, 3.63) is 27.5 Å². The fourth-order valence-corrected chi connectivity index (χ4v) is 1.81. The van der Waals surface area contributed by atoms with E-state index in [9.17, 15) is 0 Å². The van der Waals surface area contributed by atoms with Gasteiger partial charge in [-0.3, -0.25) is 5.10 Å². The van der Waals surface area contributed by atoms with E-state index in [4.69, 9.17) is 5.26 Å². The van der Waals surface area contributed by atoms with E-state index in [0.29, 0.717) is 5.56 Å². The van der Waals surface area contributed by atoms with Crippen molar-refractivity contribution in [2.75, 3.05) is 0 Å². The Labute approximate surface area is 82.5 Å². The number of benzene rings is 1. The molecule has 0 radical (unpaired) electrons. The highest BCUT2D eigenvalue weighted by Crippen LogP contribution is 2.20. The van der Waals surface area contributed by atoms with Crippen LogP contribution in [0.2, 0.25) is 0 Å². The molecule has 1 heterocycles. The number of halogens is 1. The second-order valence-electron chi connectivity index (χ2n) is 2.35. The molecule has 0 fully saturated rings. The second-order valence-corrected chi connectivity index (χ2v) is 3.43. The molecule has 0 amide bonds. The molecule has 0 saturated heterocycles. The van der Waals surface area contributed by atoms with Gasteiger partial charge in [0, 0.05) is 0 Å². The van der Waals surface area contributed by atoms with E-state index in [0.717, 1.165) is 14.6 Å². The second kappa shape index (κ2) is 2.75. The van der Waals surface area contributed by atoms with Gasteiger partial charge in [-0.15, -0.1) is 0 Å². The first-order valence-corrected chi connectivity index (χ1v) is 4.43. The van der Waals surface area contributed by atoms with Crippen molar-refractivity contribution in [3.63, 3.8) is 0 Å². The molecule has 0 aliphatic rings. The van der Waals surface area contributed by atoms with Crippen LogP contribution in [-0.2, 0) is 0 Å². The molecule has 3 nitrogen and oxygen atoms in total. The number of rotatable bonds is 0. The zero-order valence-electron chi connectivity index (χ0n) is 6.00. The molecule has 0 aliphatic carbocycles. The number of hydrogen-bond donors (Lipinski definition) is 1. The van der Waals surface area contributed by atoms with E-state index >= 15 is 0 Å². The van der Waals surface area contributed by atoms with Crippen LogP contribution >= 0.6 is 22.6 Å². The maximum Gasteiger partial charge on any atom is 0.105 e. The Morgan fingerprint density at radius 3 is 3.08 bits per heavy atom. The van der Waals surface area contributed by atoms with Gasteiger partial charge in [0.05, 0.1) is 22.5 Å². The van der Waals surface area contributed by atoms with E-state index in [2.05, 4.69) is 38.9 Å². The van der Waals surface area contributed by atoms with Gasteiger partial charge >= 0.3 is 0 Å². The Morgan fingerprint density at radius 2 is 2.33 bits per heavy atom. The molecule has 0 atom stereocenters. The topological polar surface area (TPSA) is 52.5 Å². The van der Waals surface area contributed by atoms with Gasteiger partial charge in [0.15, 0.2) is 0 Å². The monoisotopic (exact) mass is 269 g/mol. The van der Waals surface area contributed by atoms with Crippen LogP contribution in [0.1, 0.15) is 5.56 Å². The van der Waals surface area contributed by atoms with Gasteiger partial charge < -0.3 is 0 Å². The first-order valence-electron chi connectivity index (χ1n) is 3.35. The lowest BCUT2D eigenvalue weighted by Crippen LogP contribution is -1.76. The van der Waals surface area contributed by atoms with E-state index in [1.165, 1.54) is 0 Å². The number of fused-ring (bicyclic) bond motifs is 1. The molecule has 12 heavy (non-hydrogen) atoms. The van der Waals surface area contributed by atoms with Crippen molar-refractivity contribution in [3.8, 4) is 6.07 Å². The summed E-state index contributed by atoms with van der Waals surface area (Å²) in [5.41, 5.74) is 1.52. The van der Waals surface area contributed by atoms with Crippen molar-refractivity contribution >= 4 is 33.5 Å². The number of nitrogens with zero attached hydrogens (tertiary/aromatic N) is 2. The highest BCUT2D eigenvalue weighted by Gasteiger charge is 2.05. The summed E-state index contributed by atoms with van der Waals surface area (Å²) in [6.07, 6.45) is 0. The van der Waals surface area contributed by atoms with E-state index in [1.807, 2.05) is 12.1 Å². The fourth-order valence-electron chi connectivity index (χ4n) is 1.12. The average molecular weight is 269 g/mol. The lowest BCUT2D eigenvalue weighted by Gasteiger charge is -1.90. The summed E-state index contributed by atoms with van der Waals surface area (Å²) in [7, 11) is 0. The van der Waals surface area contributed by atoms with Gasteiger partial charge in [-0.25, -0.2) is 0 Å². The SMILES string of the molecule is N#Cc1cccc2n[nH]c(I)c12. The highest BCUT2D eigenvalue weighted by molar-refractivity contribution is 14.1. The lowest BCUT2D eigenvalue weighted by molar-refractivity contribution is 1.09. The number of aromatic nitrogens is 2. The average Bonchev–Trinajstić information content (AvgIpc) is 2.48. The fraction of sp³-hybridized carbons (Fsp3) is 0. The van der Waals surface area contributed by atoms with Crippen LogP contribution in [0.4, 0.5) is 0 Å². The van der Waals surface area contributed by atoms with Crippen LogP contribution in [0, 0.1) is 15.0 Å². The van der Waals surface area contributed by atoms with Crippen LogP contribution in [0.5, 0.6) is 0 Å². The number of hydrogen-bond acceptors (Lipinski definition) is 2. The van der Waals surface area contributed by atoms with Crippen LogP contribution in [0.25, 0.3) is 10.9 Å². The summed E-state index contributed by atoms with van der Waals surface area (Å²) in [4.78, 5) is 0. The molecular formula is C8H4IN3. The van der Waals surface area contributed by atoms with Gasteiger partial charge in [0.1, 0.15) is 3.70 Å². The minimum absolute atomic E-state index is 0.672. The van der Waals surface area contributed by atoms with Crippen molar-refractivity contribution < 1.29 is 0 Å². The maximum absolute atomic E-state index is 8.78. The smallest absolute Gasteiger partial charge is 0.105 e. The summed E-state index contributed by atoms with van der Waals surface area (Å²) >= 11 is 2.13. The summed E-state index contributed by atoms with van der Waals surface area (Å²) in [6.45, 7) is 0. The number of aromatic amines is 1. The molecule has 2 aromatic rings. The first kappa shape index (κ1) is 7.55. The molecule has 0 aliphatic heterocycles. The van der Waals surface area contributed by atoms with Crippen molar-refractivity contribution in [2.45, 2.75) is 0 Å². The molecule has 1 aromatic carbocycles. The standard InChI is InChI=1S/C8H4IN3/c9-8-7-5(4-10)2-1-3-6(7)11-12-8/h1-3H,(H,11,12). The Balaban J connectivity index is 2.96. The zero-order chi connectivity index (χ0) is 8.55. The van der Waals surface area contributed by atoms with Gasteiger partial charge in [0.25, 0.3) is 0 Å². The molecule has 1 N–H and O–H groups in total. The Kier molecular flexibility index (Phi) is 1.73. The summed E-state index contributed by atoms with van der Waals surface area (Å²) < 4.78 is 0.916. The third-order valence-corrected chi connectivity index (χ3v) is 2.44. The lowest BCUT2D eigenvalue weighted by atomic mass is 10.1. The van der Waals surface area contributed by atoms with Gasteiger partial charge in [-0.05, 0) is 34.7 Å². The number of H-pyrrole nitrogens is 1. The molecule has 0 saturated carbocycles. The van der Waals surface area contributed by atoms with Crippen molar-refractivity contribution in [1.29, 1.82) is 5.26 Å². The quantitative estimate of drug-likeness (QED) is 0.744. The Bertz CT molecular complexity index is 467. The summed E-state index contributed by atoms with van der Waals surface area (Å²) in [5.74, 6) is 0. The molecule has 0 spiro atoms. The minimum atomic E-state index is 0.672. The number of nitriles is 1. The predicted molar refractivity (Wildman–Crippen MR) is 53.5 cm³/mol. The third-order valence-electron chi connectivity index (χ3n) is 1.66. The molecular weight excluding hydrogens is 265 g/mol. The molecule has 0 unspecified atom stereocenters. The molecule has 4 heteroatoms. The van der Waals surface area contributed by atoms with Crippen LogP contribution < -0.4 is 0 Å². The number of nitrogens with one attached hydrogen (secondary N) is 1. The molecule has 2 rings (SSSR count). The predicted octanol–water partition coefficient (Wildman–Crippen LogP) is 2.04. The van der Waals surface area contributed by atoms with Crippen molar-refractivity contribution in [2.24, 2.45) is 0 Å². The van der Waals surface area contributed by atoms with Crippen molar-refractivity contribution in [1.82, 2.24) is 10.2 Å². The molecule has 1 aromatic heterocycles. The molecule has 58 valence electrons. The first-order chi connectivity index (χ1) is 5.83. The largest absolute Gasteiger partial charge is 0.271 e. The minimum Gasteiger partial charge on any atom is -0.271 e. The van der Waals surface area contributed by atoms with Gasteiger partial charge in [0.2, 0.25) is 0 Å². The normalized spacial score (nSPS) is 10.0.